The van der Waals surface area contributed by atoms with Crippen LogP contribution in [0.3, 0.4) is 0 Å². The van der Waals surface area contributed by atoms with E-state index in [1.54, 1.807) is 0 Å². The summed E-state index contributed by atoms with van der Waals surface area (Å²) >= 11 is 0. The normalized spacial score (nSPS) is 17.5. The van der Waals surface area contributed by atoms with Gasteiger partial charge in [-0.05, 0) is 25.5 Å². The lowest BCUT2D eigenvalue weighted by Crippen LogP contribution is -2.32. The molecule has 1 saturated heterocycles. The van der Waals surface area contributed by atoms with Crippen LogP contribution in [0.1, 0.15) is 53.1 Å². The van der Waals surface area contributed by atoms with E-state index < -0.39 is 5.97 Å². The topological polar surface area (TPSA) is 80.5 Å². The summed E-state index contributed by atoms with van der Waals surface area (Å²) in [6, 6.07) is 4.27. The molecule has 132 valence electrons. The number of aromatic nitrogens is 3. The molecule has 0 bridgehead atoms. The lowest BCUT2D eigenvalue weighted by molar-refractivity contribution is 0.00829. The SMILES string of the molecule is CC(C)n1nc(C(=O)O)c2c1CCN(c1ccc(C3COC3)cn1)C2. The number of carboxylic acids is 1. The molecule has 0 aromatic carbocycles. The molecule has 0 aliphatic carbocycles. The molecule has 0 atom stereocenters. The van der Waals surface area contributed by atoms with Crippen molar-refractivity contribution in [2.45, 2.75) is 38.8 Å². The summed E-state index contributed by atoms with van der Waals surface area (Å²) in [4.78, 5) is 18.3. The summed E-state index contributed by atoms with van der Waals surface area (Å²) in [5.41, 5.74) is 3.21. The van der Waals surface area contributed by atoms with Crippen LogP contribution in [0, 0.1) is 0 Å². The van der Waals surface area contributed by atoms with E-state index in [0.717, 1.165) is 43.3 Å². The maximum atomic E-state index is 11.6. The largest absolute Gasteiger partial charge is 0.476 e. The molecule has 0 saturated carbocycles. The standard InChI is InChI=1S/C18H22N4O3/c1-11(2)22-15-5-6-21(8-14(15)17(20-22)18(23)24)16-4-3-12(7-19-16)13-9-25-10-13/h3-4,7,11,13H,5-6,8-10H2,1-2H3,(H,23,24). The first-order chi connectivity index (χ1) is 12.0. The number of aromatic carboxylic acids is 1. The van der Waals surface area contributed by atoms with Gasteiger partial charge in [-0.1, -0.05) is 6.07 Å². The second-order valence-corrected chi connectivity index (χ2v) is 6.97. The van der Waals surface area contributed by atoms with Crippen molar-refractivity contribution in [2.24, 2.45) is 0 Å². The quantitative estimate of drug-likeness (QED) is 0.918. The fraction of sp³-hybridized carbons (Fsp3) is 0.500. The van der Waals surface area contributed by atoms with Gasteiger partial charge in [-0.3, -0.25) is 4.68 Å². The first-order valence-corrected chi connectivity index (χ1v) is 8.66. The Hall–Kier alpha value is -2.41. The van der Waals surface area contributed by atoms with Crippen LogP contribution in [0.4, 0.5) is 5.82 Å². The van der Waals surface area contributed by atoms with Crippen LogP contribution >= 0.6 is 0 Å². The highest BCUT2D eigenvalue weighted by Crippen LogP contribution is 2.29. The molecular weight excluding hydrogens is 320 g/mol. The molecule has 7 nitrogen and oxygen atoms in total. The van der Waals surface area contributed by atoms with E-state index in [-0.39, 0.29) is 11.7 Å². The number of nitrogens with zero attached hydrogens (tertiary/aromatic N) is 4. The highest BCUT2D eigenvalue weighted by Gasteiger charge is 2.29. The maximum absolute atomic E-state index is 11.6. The summed E-state index contributed by atoms with van der Waals surface area (Å²) in [5.74, 6) is 0.367. The number of carboxylic acid groups (broad SMARTS) is 1. The van der Waals surface area contributed by atoms with E-state index in [2.05, 4.69) is 21.0 Å². The van der Waals surface area contributed by atoms with Crippen molar-refractivity contribution in [2.75, 3.05) is 24.7 Å². The number of pyridine rings is 1. The van der Waals surface area contributed by atoms with Gasteiger partial charge in [0.25, 0.3) is 0 Å². The third-order valence-electron chi connectivity index (χ3n) is 4.98. The first-order valence-electron chi connectivity index (χ1n) is 8.66. The van der Waals surface area contributed by atoms with Crippen LogP contribution in [-0.4, -0.2) is 45.6 Å². The van der Waals surface area contributed by atoms with E-state index in [0.29, 0.717) is 12.5 Å². The smallest absolute Gasteiger partial charge is 0.356 e. The minimum atomic E-state index is -0.967. The molecule has 0 radical (unpaired) electrons. The van der Waals surface area contributed by atoms with Gasteiger partial charge in [0.1, 0.15) is 5.82 Å². The minimum Gasteiger partial charge on any atom is -0.476 e. The molecule has 1 N–H and O–H groups in total. The third kappa shape index (κ3) is 2.78. The molecule has 2 aliphatic heterocycles. The second kappa shape index (κ2) is 6.15. The highest BCUT2D eigenvalue weighted by molar-refractivity contribution is 5.87. The number of ether oxygens (including phenoxy) is 1. The van der Waals surface area contributed by atoms with Gasteiger partial charge in [-0.25, -0.2) is 9.78 Å². The van der Waals surface area contributed by atoms with Crippen molar-refractivity contribution >= 4 is 11.8 Å². The van der Waals surface area contributed by atoms with Gasteiger partial charge in [0.15, 0.2) is 5.69 Å². The van der Waals surface area contributed by atoms with Gasteiger partial charge >= 0.3 is 5.97 Å². The Kier molecular flexibility index (Phi) is 3.95. The summed E-state index contributed by atoms with van der Waals surface area (Å²) in [6.07, 6.45) is 2.68. The molecular formula is C18H22N4O3. The van der Waals surface area contributed by atoms with Crippen molar-refractivity contribution in [3.05, 3.63) is 40.8 Å². The Balaban J connectivity index is 1.60. The number of carbonyl (C=O) groups is 1. The van der Waals surface area contributed by atoms with E-state index >= 15 is 0 Å². The molecule has 1 fully saturated rings. The van der Waals surface area contributed by atoms with Gasteiger partial charge in [0.2, 0.25) is 0 Å². The molecule has 2 aromatic rings. The number of fused-ring (bicyclic) bond motifs is 1. The Bertz CT molecular complexity index is 793. The Morgan fingerprint density at radius 2 is 2.16 bits per heavy atom. The zero-order chi connectivity index (χ0) is 17.6. The van der Waals surface area contributed by atoms with Gasteiger partial charge < -0.3 is 14.7 Å². The molecule has 0 spiro atoms. The van der Waals surface area contributed by atoms with E-state index in [9.17, 15) is 9.90 Å². The van der Waals surface area contributed by atoms with Crippen molar-refractivity contribution in [1.29, 1.82) is 0 Å². The van der Waals surface area contributed by atoms with Gasteiger partial charge in [0.05, 0.1) is 13.2 Å². The van der Waals surface area contributed by atoms with Gasteiger partial charge in [0, 0.05) is 48.9 Å². The fourth-order valence-electron chi connectivity index (χ4n) is 3.49. The van der Waals surface area contributed by atoms with Gasteiger partial charge in [-0.2, -0.15) is 5.10 Å². The minimum absolute atomic E-state index is 0.149. The van der Waals surface area contributed by atoms with Crippen molar-refractivity contribution < 1.29 is 14.6 Å². The van der Waals surface area contributed by atoms with Crippen molar-refractivity contribution in [3.63, 3.8) is 0 Å². The maximum Gasteiger partial charge on any atom is 0.356 e. The van der Waals surface area contributed by atoms with E-state index in [1.165, 1.54) is 5.56 Å². The molecule has 2 aliphatic rings. The molecule has 0 amide bonds. The van der Waals surface area contributed by atoms with Crippen LogP contribution in [0.25, 0.3) is 0 Å². The molecule has 0 unspecified atom stereocenters. The zero-order valence-electron chi connectivity index (χ0n) is 14.5. The summed E-state index contributed by atoms with van der Waals surface area (Å²) < 4.78 is 7.08. The van der Waals surface area contributed by atoms with E-state index in [4.69, 9.17) is 4.74 Å². The highest BCUT2D eigenvalue weighted by atomic mass is 16.5. The van der Waals surface area contributed by atoms with E-state index in [1.807, 2.05) is 30.8 Å². The monoisotopic (exact) mass is 342 g/mol. The average molecular weight is 342 g/mol. The Labute approximate surface area is 146 Å². The summed E-state index contributed by atoms with van der Waals surface area (Å²) in [7, 11) is 0. The molecule has 4 heterocycles. The van der Waals surface area contributed by atoms with Crippen molar-refractivity contribution in [3.8, 4) is 0 Å². The van der Waals surface area contributed by atoms with Crippen LogP contribution in [0.15, 0.2) is 18.3 Å². The van der Waals surface area contributed by atoms with Crippen molar-refractivity contribution in [1.82, 2.24) is 14.8 Å². The molecule has 25 heavy (non-hydrogen) atoms. The Morgan fingerprint density at radius 3 is 2.72 bits per heavy atom. The number of hydrogen-bond donors (Lipinski definition) is 1. The molecule has 7 heteroatoms. The fourth-order valence-corrected chi connectivity index (χ4v) is 3.49. The molecule has 4 rings (SSSR count). The second-order valence-electron chi connectivity index (χ2n) is 6.97. The average Bonchev–Trinajstić information content (AvgIpc) is 2.93. The van der Waals surface area contributed by atoms with Crippen LogP contribution in [0.2, 0.25) is 0 Å². The molecule has 2 aromatic heterocycles. The first kappa shape index (κ1) is 16.1. The Morgan fingerprint density at radius 1 is 1.36 bits per heavy atom. The number of rotatable bonds is 4. The summed E-state index contributed by atoms with van der Waals surface area (Å²) in [5, 5.41) is 13.8. The lowest BCUT2D eigenvalue weighted by atomic mass is 9.99. The number of anilines is 1. The van der Waals surface area contributed by atoms with Gasteiger partial charge in [-0.15, -0.1) is 0 Å². The lowest BCUT2D eigenvalue weighted by Gasteiger charge is -2.30. The summed E-state index contributed by atoms with van der Waals surface area (Å²) in [6.45, 7) is 6.92. The van der Waals surface area contributed by atoms with Crippen LogP contribution in [-0.2, 0) is 17.7 Å². The van der Waals surface area contributed by atoms with Crippen LogP contribution < -0.4 is 4.90 Å². The predicted molar refractivity (Wildman–Crippen MR) is 92.1 cm³/mol. The zero-order valence-corrected chi connectivity index (χ0v) is 14.5. The van der Waals surface area contributed by atoms with Crippen LogP contribution in [0.5, 0.6) is 0 Å². The number of hydrogen-bond acceptors (Lipinski definition) is 5. The predicted octanol–water partition coefficient (Wildman–Crippen LogP) is 2.23. The third-order valence-corrected chi connectivity index (χ3v) is 4.98.